The molecule has 0 aliphatic heterocycles. The second-order valence-corrected chi connectivity index (χ2v) is 7.31. The zero-order chi connectivity index (χ0) is 17.1. The Morgan fingerprint density at radius 2 is 2.16 bits per heavy atom. The fourth-order valence-electron chi connectivity index (χ4n) is 3.26. The minimum atomic E-state index is -0.104. The first kappa shape index (κ1) is 14.4. The molecule has 5 rings (SSSR count). The zero-order valence-corrected chi connectivity index (χ0v) is 14.5. The Hall–Kier alpha value is -3.00. The van der Waals surface area contributed by atoms with Crippen LogP contribution in [0, 0.1) is 6.92 Å². The molecule has 0 fully saturated rings. The monoisotopic (exact) mass is 350 g/mol. The molecular formula is C17H14N6OS. The highest BCUT2D eigenvalue weighted by Gasteiger charge is 2.17. The van der Waals surface area contributed by atoms with Gasteiger partial charge < -0.3 is 4.57 Å². The Kier molecular flexibility index (Phi) is 2.87. The summed E-state index contributed by atoms with van der Waals surface area (Å²) in [5.74, 6) is 0. The van der Waals surface area contributed by atoms with Crippen molar-refractivity contribution < 1.29 is 0 Å². The molecule has 0 aliphatic carbocycles. The van der Waals surface area contributed by atoms with Crippen molar-refractivity contribution in [2.75, 3.05) is 0 Å². The third kappa shape index (κ3) is 2.04. The van der Waals surface area contributed by atoms with E-state index in [0.29, 0.717) is 12.1 Å². The number of aromatic amines is 1. The van der Waals surface area contributed by atoms with E-state index >= 15 is 0 Å². The van der Waals surface area contributed by atoms with Gasteiger partial charge in [-0.15, -0.1) is 11.3 Å². The van der Waals surface area contributed by atoms with E-state index in [4.69, 9.17) is 0 Å². The van der Waals surface area contributed by atoms with Gasteiger partial charge in [0.15, 0.2) is 5.65 Å². The van der Waals surface area contributed by atoms with E-state index in [0.717, 1.165) is 37.2 Å². The van der Waals surface area contributed by atoms with Gasteiger partial charge in [0, 0.05) is 17.8 Å². The average Bonchev–Trinajstić information content (AvgIpc) is 3.26. The summed E-state index contributed by atoms with van der Waals surface area (Å²) < 4.78 is 4.38. The van der Waals surface area contributed by atoms with Crippen molar-refractivity contribution in [2.45, 2.75) is 13.5 Å². The average molecular weight is 350 g/mol. The van der Waals surface area contributed by atoms with Crippen LogP contribution in [0.5, 0.6) is 0 Å². The number of hydrogen-bond donors (Lipinski definition) is 1. The first-order valence-electron chi connectivity index (χ1n) is 7.85. The predicted molar refractivity (Wildman–Crippen MR) is 98.1 cm³/mol. The molecule has 25 heavy (non-hydrogen) atoms. The summed E-state index contributed by atoms with van der Waals surface area (Å²) in [5, 5.41) is 14.3. The molecule has 4 heterocycles. The predicted octanol–water partition coefficient (Wildman–Crippen LogP) is 2.58. The molecule has 8 heteroatoms. The number of aromatic nitrogens is 6. The quantitative estimate of drug-likeness (QED) is 0.530. The number of nitrogens with zero attached hydrogens (tertiary/aromatic N) is 5. The molecule has 4 aromatic heterocycles. The number of aryl methyl sites for hydroxylation is 2. The minimum Gasteiger partial charge on any atom is -0.323 e. The van der Waals surface area contributed by atoms with Gasteiger partial charge in [0.2, 0.25) is 0 Å². The van der Waals surface area contributed by atoms with E-state index in [-0.39, 0.29) is 5.56 Å². The molecule has 0 atom stereocenters. The maximum atomic E-state index is 13.0. The maximum Gasteiger partial charge on any atom is 0.291 e. The van der Waals surface area contributed by atoms with Gasteiger partial charge in [-0.1, -0.05) is 12.1 Å². The third-order valence-corrected chi connectivity index (χ3v) is 5.46. The highest BCUT2D eigenvalue weighted by Crippen LogP contribution is 2.30. The van der Waals surface area contributed by atoms with Crippen LogP contribution in [-0.4, -0.2) is 29.5 Å². The number of H-pyrrole nitrogens is 1. The standard InChI is InChI=1S/C17H14N6OS/c1-9-20-16-15(25-9)12-7-19-23(17(24)14(12)22(16)2)8-10-3-4-11-6-18-21-13(11)5-10/h3-7H,8H2,1-2H3,(H,18,21). The van der Waals surface area contributed by atoms with Crippen LogP contribution in [0.25, 0.3) is 32.2 Å². The van der Waals surface area contributed by atoms with Crippen molar-refractivity contribution in [3.05, 3.63) is 51.5 Å². The molecule has 0 unspecified atom stereocenters. The normalized spacial score (nSPS) is 11.9. The third-order valence-electron chi connectivity index (χ3n) is 4.47. The van der Waals surface area contributed by atoms with E-state index in [1.54, 1.807) is 23.7 Å². The molecule has 0 bridgehead atoms. The summed E-state index contributed by atoms with van der Waals surface area (Å²) in [6.07, 6.45) is 3.55. The van der Waals surface area contributed by atoms with Crippen LogP contribution < -0.4 is 5.56 Å². The molecule has 0 amide bonds. The van der Waals surface area contributed by atoms with Gasteiger partial charge in [-0.25, -0.2) is 9.67 Å². The number of benzene rings is 1. The Balaban J connectivity index is 1.67. The second kappa shape index (κ2) is 5.00. The zero-order valence-electron chi connectivity index (χ0n) is 13.6. The lowest BCUT2D eigenvalue weighted by Crippen LogP contribution is -2.24. The molecule has 0 saturated carbocycles. The van der Waals surface area contributed by atoms with Gasteiger partial charge in [0.25, 0.3) is 5.56 Å². The molecular weight excluding hydrogens is 336 g/mol. The van der Waals surface area contributed by atoms with Crippen molar-refractivity contribution in [3.63, 3.8) is 0 Å². The highest BCUT2D eigenvalue weighted by molar-refractivity contribution is 7.19. The molecule has 0 aliphatic rings. The lowest BCUT2D eigenvalue weighted by atomic mass is 10.1. The SMILES string of the molecule is Cc1nc2c(s1)c1cnn(Cc3ccc4cn[nH]c4c3)c(=O)c1n2C. The number of thiazole rings is 1. The molecule has 5 aromatic rings. The first-order chi connectivity index (χ1) is 12.1. The Morgan fingerprint density at radius 1 is 1.28 bits per heavy atom. The summed E-state index contributed by atoms with van der Waals surface area (Å²) in [6, 6.07) is 5.97. The fraction of sp³-hybridized carbons (Fsp3) is 0.176. The van der Waals surface area contributed by atoms with Crippen LogP contribution in [0.1, 0.15) is 10.6 Å². The number of fused-ring (bicyclic) bond motifs is 4. The Labute approximate surface area is 145 Å². The first-order valence-corrected chi connectivity index (χ1v) is 8.67. The van der Waals surface area contributed by atoms with Crippen molar-refractivity contribution >= 4 is 43.5 Å². The van der Waals surface area contributed by atoms with Crippen molar-refractivity contribution in [2.24, 2.45) is 7.05 Å². The molecule has 0 radical (unpaired) electrons. The van der Waals surface area contributed by atoms with E-state index in [2.05, 4.69) is 20.3 Å². The van der Waals surface area contributed by atoms with Crippen LogP contribution in [-0.2, 0) is 13.6 Å². The van der Waals surface area contributed by atoms with Crippen LogP contribution >= 0.6 is 11.3 Å². The van der Waals surface area contributed by atoms with Gasteiger partial charge in [-0.3, -0.25) is 9.89 Å². The molecule has 124 valence electrons. The smallest absolute Gasteiger partial charge is 0.291 e. The number of rotatable bonds is 2. The van der Waals surface area contributed by atoms with Crippen molar-refractivity contribution in [3.8, 4) is 0 Å². The van der Waals surface area contributed by atoms with Crippen LogP contribution in [0.4, 0.5) is 0 Å². The van der Waals surface area contributed by atoms with E-state index < -0.39 is 0 Å². The highest BCUT2D eigenvalue weighted by atomic mass is 32.1. The second-order valence-electron chi connectivity index (χ2n) is 6.11. The summed E-state index contributed by atoms with van der Waals surface area (Å²) in [7, 11) is 1.88. The molecule has 1 aromatic carbocycles. The van der Waals surface area contributed by atoms with Gasteiger partial charge in [0.05, 0.1) is 34.2 Å². The number of nitrogens with one attached hydrogen (secondary N) is 1. The molecule has 0 saturated heterocycles. The van der Waals surface area contributed by atoms with Crippen molar-refractivity contribution in [1.29, 1.82) is 0 Å². The minimum absolute atomic E-state index is 0.104. The summed E-state index contributed by atoms with van der Waals surface area (Å²) in [6.45, 7) is 2.38. The maximum absolute atomic E-state index is 13.0. The fourth-order valence-corrected chi connectivity index (χ4v) is 4.22. The lowest BCUT2D eigenvalue weighted by Gasteiger charge is -2.06. The largest absolute Gasteiger partial charge is 0.323 e. The molecule has 0 spiro atoms. The van der Waals surface area contributed by atoms with E-state index in [1.165, 1.54) is 4.68 Å². The lowest BCUT2D eigenvalue weighted by molar-refractivity contribution is 0.644. The number of hydrogen-bond acceptors (Lipinski definition) is 5. The van der Waals surface area contributed by atoms with E-state index in [9.17, 15) is 4.79 Å². The van der Waals surface area contributed by atoms with Crippen LogP contribution in [0.2, 0.25) is 0 Å². The van der Waals surface area contributed by atoms with Gasteiger partial charge in [-0.2, -0.15) is 10.2 Å². The molecule has 1 N–H and O–H groups in total. The van der Waals surface area contributed by atoms with Gasteiger partial charge in [-0.05, 0) is 18.6 Å². The summed E-state index contributed by atoms with van der Waals surface area (Å²) in [4.78, 5) is 17.5. The van der Waals surface area contributed by atoms with Gasteiger partial charge >= 0.3 is 0 Å². The summed E-state index contributed by atoms with van der Waals surface area (Å²) in [5.41, 5.74) is 3.33. The topological polar surface area (TPSA) is 81.4 Å². The Bertz CT molecular complexity index is 1320. The van der Waals surface area contributed by atoms with Crippen LogP contribution in [0.15, 0.2) is 35.4 Å². The molecule has 7 nitrogen and oxygen atoms in total. The van der Waals surface area contributed by atoms with Gasteiger partial charge in [0.1, 0.15) is 5.52 Å². The Morgan fingerprint density at radius 3 is 3.04 bits per heavy atom. The van der Waals surface area contributed by atoms with Crippen molar-refractivity contribution in [1.82, 2.24) is 29.5 Å². The summed E-state index contributed by atoms with van der Waals surface area (Å²) >= 11 is 1.59. The van der Waals surface area contributed by atoms with Crippen LogP contribution in [0.3, 0.4) is 0 Å². The van der Waals surface area contributed by atoms with E-state index in [1.807, 2.05) is 36.7 Å².